The van der Waals surface area contributed by atoms with Crippen LogP contribution in [0.3, 0.4) is 0 Å². The van der Waals surface area contributed by atoms with Gasteiger partial charge in [-0.25, -0.2) is 9.78 Å². The molecule has 23 heavy (non-hydrogen) atoms. The number of benzene rings is 1. The Balaban J connectivity index is 2.08. The molecule has 0 aliphatic rings. The number of hydrogen-bond acceptors (Lipinski definition) is 5. The van der Waals surface area contributed by atoms with Crippen LogP contribution in [0.1, 0.15) is 26.4 Å². The molecule has 0 aliphatic heterocycles. The summed E-state index contributed by atoms with van der Waals surface area (Å²) in [6, 6.07) is 8.01. The van der Waals surface area contributed by atoms with E-state index in [-0.39, 0.29) is 5.56 Å². The number of esters is 1. The maximum atomic E-state index is 12.7. The highest BCUT2D eigenvalue weighted by Crippen LogP contribution is 2.27. The maximum Gasteiger partial charge on any atom is 0.348 e. The van der Waals surface area contributed by atoms with Gasteiger partial charge in [0.25, 0.3) is 5.56 Å². The first kappa shape index (κ1) is 15.4. The van der Waals surface area contributed by atoms with Crippen molar-refractivity contribution in [2.24, 2.45) is 0 Å². The summed E-state index contributed by atoms with van der Waals surface area (Å²) in [5, 5.41) is 0.491. The van der Waals surface area contributed by atoms with E-state index >= 15 is 0 Å². The lowest BCUT2D eigenvalue weighted by Crippen LogP contribution is -2.21. The number of carbonyl (C=O) groups is 1. The van der Waals surface area contributed by atoms with Crippen LogP contribution in [-0.4, -0.2) is 22.6 Å². The molecule has 0 N–H and O–H groups in total. The minimum absolute atomic E-state index is 0.139. The van der Waals surface area contributed by atoms with Crippen molar-refractivity contribution in [3.05, 3.63) is 62.5 Å². The predicted molar refractivity (Wildman–Crippen MR) is 90.2 cm³/mol. The molecule has 2 heterocycles. The molecule has 0 radical (unpaired) electrons. The van der Waals surface area contributed by atoms with Crippen LogP contribution in [0.5, 0.6) is 0 Å². The Kier molecular flexibility index (Phi) is 4.00. The number of aryl methyl sites for hydroxylation is 2. The second-order valence-corrected chi connectivity index (χ2v) is 6.39. The molecular weight excluding hydrogens is 312 g/mol. The van der Waals surface area contributed by atoms with Crippen molar-refractivity contribution in [2.75, 3.05) is 7.11 Å². The van der Waals surface area contributed by atoms with Crippen molar-refractivity contribution in [3.8, 4) is 0 Å². The average Bonchev–Trinajstić information content (AvgIpc) is 2.89. The minimum atomic E-state index is -0.435. The van der Waals surface area contributed by atoms with Gasteiger partial charge in [-0.2, -0.15) is 0 Å². The molecule has 1 aromatic carbocycles. The van der Waals surface area contributed by atoms with Crippen LogP contribution in [-0.2, 0) is 11.3 Å². The number of thiophene rings is 1. The smallest absolute Gasteiger partial charge is 0.348 e. The van der Waals surface area contributed by atoms with Gasteiger partial charge in [0.05, 0.1) is 25.4 Å². The second-order valence-electron chi connectivity index (χ2n) is 5.39. The van der Waals surface area contributed by atoms with E-state index in [9.17, 15) is 9.59 Å². The van der Waals surface area contributed by atoms with Crippen LogP contribution in [0, 0.1) is 13.8 Å². The van der Waals surface area contributed by atoms with Gasteiger partial charge in [0, 0.05) is 0 Å². The molecule has 0 saturated carbocycles. The first-order chi connectivity index (χ1) is 11.0. The number of methoxy groups -OCH3 is 1. The van der Waals surface area contributed by atoms with Crippen LogP contribution in [0.25, 0.3) is 10.2 Å². The number of fused-ring (bicyclic) bond motifs is 1. The van der Waals surface area contributed by atoms with Crippen molar-refractivity contribution in [1.82, 2.24) is 9.55 Å². The summed E-state index contributed by atoms with van der Waals surface area (Å²) in [6.45, 7) is 4.22. The quantitative estimate of drug-likeness (QED) is 0.694. The summed E-state index contributed by atoms with van der Waals surface area (Å²) >= 11 is 1.19. The average molecular weight is 328 g/mol. The topological polar surface area (TPSA) is 61.2 Å². The third-order valence-corrected chi connectivity index (χ3v) is 4.94. The van der Waals surface area contributed by atoms with E-state index in [4.69, 9.17) is 4.74 Å². The van der Waals surface area contributed by atoms with Crippen LogP contribution in [0.4, 0.5) is 0 Å². The number of ether oxygens (including phenoxy) is 1. The fourth-order valence-corrected chi connectivity index (χ4v) is 3.51. The van der Waals surface area contributed by atoms with Crippen molar-refractivity contribution in [1.29, 1.82) is 0 Å². The Morgan fingerprint density at radius 3 is 2.61 bits per heavy atom. The third-order valence-electron chi connectivity index (χ3n) is 3.76. The Bertz CT molecular complexity index is 939. The molecule has 6 heteroatoms. The van der Waals surface area contributed by atoms with Gasteiger partial charge in [-0.15, -0.1) is 11.3 Å². The van der Waals surface area contributed by atoms with Gasteiger partial charge in [-0.1, -0.05) is 29.8 Å². The second kappa shape index (κ2) is 5.96. The van der Waals surface area contributed by atoms with Crippen LogP contribution in [0.2, 0.25) is 0 Å². The summed E-state index contributed by atoms with van der Waals surface area (Å²) < 4.78 is 6.32. The summed E-state index contributed by atoms with van der Waals surface area (Å²) in [5.74, 6) is -0.435. The number of carbonyl (C=O) groups excluding carboxylic acids is 1. The standard InChI is InChI=1S/C17H16N2O3S/c1-10-4-6-12(7-5-10)8-19-9-18-15-13(16(19)20)11(2)14(23-15)17(21)22-3/h4-7,9H,8H2,1-3H3. The van der Waals surface area contributed by atoms with Gasteiger partial charge >= 0.3 is 5.97 Å². The molecule has 0 spiro atoms. The fourth-order valence-electron chi connectivity index (χ4n) is 2.45. The molecule has 0 fully saturated rings. The maximum absolute atomic E-state index is 12.7. The molecule has 0 saturated heterocycles. The van der Waals surface area contributed by atoms with Gasteiger partial charge in [0.1, 0.15) is 9.71 Å². The van der Waals surface area contributed by atoms with Crippen molar-refractivity contribution in [3.63, 3.8) is 0 Å². The third kappa shape index (κ3) is 2.77. The molecule has 0 aliphatic carbocycles. The first-order valence-corrected chi connectivity index (χ1v) is 7.95. The van der Waals surface area contributed by atoms with E-state index in [0.29, 0.717) is 27.2 Å². The van der Waals surface area contributed by atoms with Crippen molar-refractivity contribution < 1.29 is 9.53 Å². The van der Waals surface area contributed by atoms with Gasteiger partial charge in [0.15, 0.2) is 0 Å². The van der Waals surface area contributed by atoms with E-state index in [1.807, 2.05) is 31.2 Å². The highest BCUT2D eigenvalue weighted by Gasteiger charge is 2.19. The summed E-state index contributed by atoms with van der Waals surface area (Å²) in [7, 11) is 1.33. The van der Waals surface area contributed by atoms with Crippen molar-refractivity contribution >= 4 is 27.5 Å². The van der Waals surface area contributed by atoms with Gasteiger partial charge in [-0.05, 0) is 25.0 Å². The summed E-state index contributed by atoms with van der Waals surface area (Å²) in [4.78, 5) is 29.8. The van der Waals surface area contributed by atoms with Gasteiger partial charge in [0.2, 0.25) is 0 Å². The molecule has 0 unspecified atom stereocenters. The Labute approximate surface area is 137 Å². The predicted octanol–water partition coefficient (Wildman–Crippen LogP) is 2.91. The molecule has 3 rings (SSSR count). The summed E-state index contributed by atoms with van der Waals surface area (Å²) in [6.07, 6.45) is 1.53. The van der Waals surface area contributed by atoms with Crippen LogP contribution < -0.4 is 5.56 Å². The zero-order chi connectivity index (χ0) is 16.6. The molecule has 0 atom stereocenters. The molecule has 5 nitrogen and oxygen atoms in total. The number of aromatic nitrogens is 2. The monoisotopic (exact) mass is 328 g/mol. The van der Waals surface area contributed by atoms with Crippen LogP contribution >= 0.6 is 11.3 Å². The SMILES string of the molecule is COC(=O)c1sc2ncn(Cc3ccc(C)cc3)c(=O)c2c1C. The van der Waals surface area contributed by atoms with Gasteiger partial charge in [-0.3, -0.25) is 9.36 Å². The highest BCUT2D eigenvalue weighted by atomic mass is 32.1. The van der Waals surface area contributed by atoms with Crippen molar-refractivity contribution in [2.45, 2.75) is 20.4 Å². The molecule has 118 valence electrons. The number of nitrogens with zero attached hydrogens (tertiary/aromatic N) is 2. The normalized spacial score (nSPS) is 10.9. The Hall–Kier alpha value is -2.47. The molecule has 3 aromatic rings. The first-order valence-electron chi connectivity index (χ1n) is 7.13. The van der Waals surface area contributed by atoms with E-state index in [2.05, 4.69) is 4.98 Å². The van der Waals surface area contributed by atoms with Crippen LogP contribution in [0.15, 0.2) is 35.4 Å². The molecule has 0 amide bonds. The minimum Gasteiger partial charge on any atom is -0.465 e. The zero-order valence-electron chi connectivity index (χ0n) is 13.1. The largest absolute Gasteiger partial charge is 0.465 e. The molecule has 0 bridgehead atoms. The van der Waals surface area contributed by atoms with E-state index < -0.39 is 5.97 Å². The molecular formula is C17H16N2O3S. The van der Waals surface area contributed by atoms with E-state index in [0.717, 1.165) is 5.56 Å². The lowest BCUT2D eigenvalue weighted by molar-refractivity contribution is 0.0605. The Morgan fingerprint density at radius 2 is 1.96 bits per heavy atom. The highest BCUT2D eigenvalue weighted by molar-refractivity contribution is 7.20. The van der Waals surface area contributed by atoms with Gasteiger partial charge < -0.3 is 4.74 Å². The lowest BCUT2D eigenvalue weighted by atomic mass is 10.1. The van der Waals surface area contributed by atoms with E-state index in [1.165, 1.54) is 30.3 Å². The number of rotatable bonds is 3. The Morgan fingerprint density at radius 1 is 1.26 bits per heavy atom. The molecule has 2 aromatic heterocycles. The number of hydrogen-bond donors (Lipinski definition) is 0. The van der Waals surface area contributed by atoms with E-state index in [1.54, 1.807) is 11.5 Å². The lowest BCUT2D eigenvalue weighted by Gasteiger charge is -2.06. The fraction of sp³-hybridized carbons (Fsp3) is 0.235. The summed E-state index contributed by atoms with van der Waals surface area (Å²) in [5.41, 5.74) is 2.69. The zero-order valence-corrected chi connectivity index (χ0v) is 13.9.